The molecule has 1 amide bonds. The summed E-state index contributed by atoms with van der Waals surface area (Å²) in [6.45, 7) is 2.66. The van der Waals surface area contributed by atoms with Crippen molar-refractivity contribution in [3.05, 3.63) is 36.4 Å². The monoisotopic (exact) mass is 395 g/mol. The molecule has 148 valence electrons. The summed E-state index contributed by atoms with van der Waals surface area (Å²) in [6.07, 6.45) is 3.70. The second-order valence-electron chi connectivity index (χ2n) is 6.20. The summed E-state index contributed by atoms with van der Waals surface area (Å²) in [7, 11) is 5.13. The lowest BCUT2D eigenvalue weighted by Gasteiger charge is -2.35. The number of methoxy groups -OCH3 is 2. The summed E-state index contributed by atoms with van der Waals surface area (Å²) in [5.41, 5.74) is 0.598. The predicted octanol–water partition coefficient (Wildman–Crippen LogP) is 1.44. The SMILES string of the molecule is COc1ccc(OC)c(NC(=O)CN2CCNCC2c2nccn2C)c1.Cl. The molecule has 27 heavy (non-hydrogen) atoms. The van der Waals surface area contributed by atoms with Crippen LogP contribution in [0.1, 0.15) is 11.9 Å². The number of piperazine rings is 1. The van der Waals surface area contributed by atoms with Gasteiger partial charge in [-0.25, -0.2) is 4.98 Å². The molecule has 0 aliphatic carbocycles. The number of carbonyl (C=O) groups is 1. The van der Waals surface area contributed by atoms with Gasteiger partial charge in [0, 0.05) is 45.1 Å². The van der Waals surface area contributed by atoms with E-state index in [1.165, 1.54) is 0 Å². The summed E-state index contributed by atoms with van der Waals surface area (Å²) in [4.78, 5) is 19.2. The fraction of sp³-hybridized carbons (Fsp3) is 0.444. The summed E-state index contributed by atoms with van der Waals surface area (Å²) in [5.74, 6) is 2.11. The van der Waals surface area contributed by atoms with Crippen molar-refractivity contribution in [2.75, 3.05) is 45.7 Å². The van der Waals surface area contributed by atoms with Crippen LogP contribution < -0.4 is 20.1 Å². The molecule has 8 nitrogen and oxygen atoms in total. The van der Waals surface area contributed by atoms with Crippen molar-refractivity contribution in [3.63, 3.8) is 0 Å². The lowest BCUT2D eigenvalue weighted by molar-refractivity contribution is -0.118. The molecule has 1 aromatic carbocycles. The van der Waals surface area contributed by atoms with Crippen LogP contribution in [0.4, 0.5) is 5.69 Å². The van der Waals surface area contributed by atoms with E-state index in [9.17, 15) is 4.79 Å². The van der Waals surface area contributed by atoms with Gasteiger partial charge in [-0.1, -0.05) is 0 Å². The first-order valence-electron chi connectivity index (χ1n) is 8.56. The normalized spacial score (nSPS) is 17.1. The molecule has 1 unspecified atom stereocenters. The van der Waals surface area contributed by atoms with E-state index in [0.717, 1.165) is 25.5 Å². The van der Waals surface area contributed by atoms with Gasteiger partial charge < -0.3 is 24.7 Å². The molecule has 2 N–H and O–H groups in total. The molecule has 1 aliphatic rings. The van der Waals surface area contributed by atoms with E-state index in [1.54, 1.807) is 38.6 Å². The van der Waals surface area contributed by atoms with Gasteiger partial charge in [0.15, 0.2) is 0 Å². The fourth-order valence-corrected chi connectivity index (χ4v) is 3.17. The van der Waals surface area contributed by atoms with Crippen LogP contribution in [-0.2, 0) is 11.8 Å². The minimum atomic E-state index is -0.0994. The molecular weight excluding hydrogens is 370 g/mol. The number of ether oxygens (including phenoxy) is 2. The number of amides is 1. The second kappa shape index (κ2) is 9.59. The van der Waals surface area contributed by atoms with Crippen LogP contribution in [0.15, 0.2) is 30.6 Å². The summed E-state index contributed by atoms with van der Waals surface area (Å²) >= 11 is 0. The molecule has 0 spiro atoms. The number of rotatable bonds is 6. The third kappa shape index (κ3) is 4.91. The number of hydrogen-bond acceptors (Lipinski definition) is 6. The van der Waals surface area contributed by atoms with Gasteiger partial charge in [0.1, 0.15) is 17.3 Å². The van der Waals surface area contributed by atoms with Crippen molar-refractivity contribution in [3.8, 4) is 11.5 Å². The van der Waals surface area contributed by atoms with Crippen LogP contribution in [0, 0.1) is 0 Å². The van der Waals surface area contributed by atoms with E-state index in [4.69, 9.17) is 9.47 Å². The number of aromatic nitrogens is 2. The van der Waals surface area contributed by atoms with Crippen molar-refractivity contribution in [1.29, 1.82) is 0 Å². The van der Waals surface area contributed by atoms with Gasteiger partial charge >= 0.3 is 0 Å². The van der Waals surface area contributed by atoms with Crippen molar-refractivity contribution >= 4 is 24.0 Å². The molecule has 2 heterocycles. The van der Waals surface area contributed by atoms with Gasteiger partial charge in [-0.3, -0.25) is 9.69 Å². The number of benzene rings is 1. The zero-order valence-corrected chi connectivity index (χ0v) is 16.6. The lowest BCUT2D eigenvalue weighted by atomic mass is 10.1. The zero-order chi connectivity index (χ0) is 18.5. The summed E-state index contributed by atoms with van der Waals surface area (Å²) < 4.78 is 12.5. The van der Waals surface area contributed by atoms with Crippen molar-refractivity contribution in [2.24, 2.45) is 7.05 Å². The molecule has 1 aliphatic heterocycles. The van der Waals surface area contributed by atoms with Crippen molar-refractivity contribution in [2.45, 2.75) is 6.04 Å². The number of aryl methyl sites for hydroxylation is 1. The Morgan fingerprint density at radius 1 is 1.37 bits per heavy atom. The largest absolute Gasteiger partial charge is 0.497 e. The predicted molar refractivity (Wildman–Crippen MR) is 106 cm³/mol. The van der Waals surface area contributed by atoms with Crippen LogP contribution in [0.2, 0.25) is 0 Å². The number of halogens is 1. The highest BCUT2D eigenvalue weighted by Crippen LogP contribution is 2.29. The lowest BCUT2D eigenvalue weighted by Crippen LogP contribution is -2.49. The highest BCUT2D eigenvalue weighted by atomic mass is 35.5. The number of hydrogen-bond donors (Lipinski definition) is 2. The van der Waals surface area contributed by atoms with Crippen LogP contribution in [-0.4, -0.2) is 60.8 Å². The Balaban J connectivity index is 0.00000261. The maximum absolute atomic E-state index is 12.7. The first kappa shape index (κ1) is 21.0. The maximum atomic E-state index is 12.7. The molecule has 3 rings (SSSR count). The van der Waals surface area contributed by atoms with Gasteiger partial charge in [-0.2, -0.15) is 0 Å². The Hall–Kier alpha value is -2.29. The Morgan fingerprint density at radius 2 is 2.19 bits per heavy atom. The van der Waals surface area contributed by atoms with Crippen LogP contribution >= 0.6 is 12.4 Å². The average Bonchev–Trinajstić information content (AvgIpc) is 3.07. The summed E-state index contributed by atoms with van der Waals surface area (Å²) in [5, 5.41) is 6.30. The Bertz CT molecular complexity index is 767. The summed E-state index contributed by atoms with van der Waals surface area (Å²) in [6, 6.07) is 5.38. The molecule has 1 atom stereocenters. The van der Waals surface area contributed by atoms with Gasteiger partial charge in [0.25, 0.3) is 0 Å². The van der Waals surface area contributed by atoms with Crippen molar-refractivity contribution < 1.29 is 14.3 Å². The molecular formula is C18H26ClN5O3. The van der Waals surface area contributed by atoms with Crippen molar-refractivity contribution in [1.82, 2.24) is 19.8 Å². The Labute approximate surface area is 165 Å². The highest BCUT2D eigenvalue weighted by molar-refractivity contribution is 5.94. The Morgan fingerprint density at radius 3 is 2.85 bits per heavy atom. The van der Waals surface area contributed by atoms with E-state index < -0.39 is 0 Å². The molecule has 0 bridgehead atoms. The molecule has 1 saturated heterocycles. The standard InChI is InChI=1S/C18H25N5O3.ClH/c1-22-8-7-20-18(22)15-11-19-6-9-23(15)12-17(24)21-14-10-13(25-2)4-5-16(14)26-3;/h4-5,7-8,10,15,19H,6,9,11-12H2,1-3H3,(H,21,24);1H. The minimum Gasteiger partial charge on any atom is -0.497 e. The zero-order valence-electron chi connectivity index (χ0n) is 15.8. The maximum Gasteiger partial charge on any atom is 0.238 e. The van der Waals surface area contributed by atoms with E-state index in [0.29, 0.717) is 17.2 Å². The number of nitrogens with one attached hydrogen (secondary N) is 2. The van der Waals surface area contributed by atoms with Gasteiger partial charge in [-0.05, 0) is 12.1 Å². The number of anilines is 1. The third-order valence-electron chi connectivity index (χ3n) is 4.54. The highest BCUT2D eigenvalue weighted by Gasteiger charge is 2.28. The van der Waals surface area contributed by atoms with E-state index in [1.807, 2.05) is 17.8 Å². The van der Waals surface area contributed by atoms with Crippen LogP contribution in [0.25, 0.3) is 0 Å². The van der Waals surface area contributed by atoms with Gasteiger partial charge in [0.05, 0.1) is 32.5 Å². The average molecular weight is 396 g/mol. The number of nitrogens with zero attached hydrogens (tertiary/aromatic N) is 3. The molecule has 1 aromatic heterocycles. The number of carbonyl (C=O) groups excluding carboxylic acids is 1. The third-order valence-corrected chi connectivity index (χ3v) is 4.54. The topological polar surface area (TPSA) is 80.7 Å². The molecule has 0 saturated carbocycles. The van der Waals surface area contributed by atoms with Crippen LogP contribution in [0.5, 0.6) is 11.5 Å². The first-order valence-corrected chi connectivity index (χ1v) is 8.56. The smallest absolute Gasteiger partial charge is 0.238 e. The first-order chi connectivity index (χ1) is 12.6. The molecule has 2 aromatic rings. The Kier molecular flexibility index (Phi) is 7.46. The molecule has 0 radical (unpaired) electrons. The second-order valence-corrected chi connectivity index (χ2v) is 6.20. The van der Waals surface area contributed by atoms with E-state index >= 15 is 0 Å². The minimum absolute atomic E-state index is 0. The molecule has 9 heteroatoms. The van der Waals surface area contributed by atoms with Gasteiger partial charge in [-0.15, -0.1) is 12.4 Å². The molecule has 1 fully saturated rings. The quantitative estimate of drug-likeness (QED) is 0.770. The van der Waals surface area contributed by atoms with Crippen LogP contribution in [0.3, 0.4) is 0 Å². The van der Waals surface area contributed by atoms with E-state index in [2.05, 4.69) is 20.5 Å². The van der Waals surface area contributed by atoms with Gasteiger partial charge in [0.2, 0.25) is 5.91 Å². The van der Waals surface area contributed by atoms with E-state index in [-0.39, 0.29) is 30.9 Å². The fourth-order valence-electron chi connectivity index (χ4n) is 3.17. The number of imidazole rings is 1.